The van der Waals surface area contributed by atoms with Crippen molar-refractivity contribution in [2.75, 3.05) is 0 Å². The van der Waals surface area contributed by atoms with Crippen LogP contribution in [0.25, 0.3) is 72.0 Å². The van der Waals surface area contributed by atoms with Gasteiger partial charge in [0.25, 0.3) is 0 Å². The molecule has 0 amide bonds. The van der Waals surface area contributed by atoms with Crippen LogP contribution >= 0.6 is 0 Å². The van der Waals surface area contributed by atoms with Gasteiger partial charge in [-0.3, -0.25) is 0 Å². The Hall–Kier alpha value is -6.91. The summed E-state index contributed by atoms with van der Waals surface area (Å²) < 4.78 is 8.95. The third-order valence-electron chi connectivity index (χ3n) is 10.4. The Labute approximate surface area is 307 Å². The van der Waals surface area contributed by atoms with Gasteiger partial charge in [-0.2, -0.15) is 0 Å². The summed E-state index contributed by atoms with van der Waals surface area (Å²) in [5, 5.41) is 8.38. The fourth-order valence-corrected chi connectivity index (χ4v) is 7.92. The highest BCUT2D eigenvalue weighted by molar-refractivity contribution is 6.21. The van der Waals surface area contributed by atoms with Crippen LogP contribution in [0.4, 0.5) is 0 Å². The SMILES string of the molecule is CC1=C(c2ccccc2)NC(c2cccc3oc4ccc(-c5cccc6c5c5ccccc5n6-c5ccccc5)cc4c23)=N/C(c2ccccc2)=C/C1. The molecule has 53 heavy (non-hydrogen) atoms. The third kappa shape index (κ3) is 5.27. The standard InChI is InChI=1S/C49H35N3O/c1-32-27-29-41(33-15-5-2-6-16-33)50-49(51-48(32)34-17-7-3-8-18-34)39-23-14-26-45-47(39)40-31-35(28-30-44(40)53-45)37-22-13-25-43-46(37)38-21-11-12-24-42(38)52(43)36-19-9-4-10-20-36/h2-26,28-31H,27H2,1H3,(H,50,51)/b41-29+,48-32?. The van der Waals surface area contributed by atoms with Crippen molar-refractivity contribution < 1.29 is 4.42 Å². The van der Waals surface area contributed by atoms with Crippen molar-refractivity contribution in [2.45, 2.75) is 13.3 Å². The lowest BCUT2D eigenvalue weighted by atomic mass is 9.96. The van der Waals surface area contributed by atoms with E-state index >= 15 is 0 Å². The van der Waals surface area contributed by atoms with Gasteiger partial charge in [0.2, 0.25) is 0 Å². The van der Waals surface area contributed by atoms with Crippen molar-refractivity contribution in [3.05, 3.63) is 198 Å². The van der Waals surface area contributed by atoms with Gasteiger partial charge in [0, 0.05) is 38.5 Å². The maximum Gasteiger partial charge on any atom is 0.139 e. The molecule has 0 spiro atoms. The van der Waals surface area contributed by atoms with Crippen molar-refractivity contribution in [2.24, 2.45) is 4.99 Å². The van der Waals surface area contributed by atoms with Crippen LogP contribution in [0, 0.1) is 0 Å². The molecule has 3 heterocycles. The molecule has 1 aliphatic rings. The molecule has 0 saturated carbocycles. The van der Waals surface area contributed by atoms with Gasteiger partial charge in [0.15, 0.2) is 0 Å². The molecule has 0 unspecified atom stereocenters. The number of rotatable bonds is 5. The Bertz CT molecular complexity index is 2930. The average Bonchev–Trinajstić information content (AvgIpc) is 3.76. The second-order valence-electron chi connectivity index (χ2n) is 13.6. The van der Waals surface area contributed by atoms with Crippen molar-refractivity contribution in [1.82, 2.24) is 9.88 Å². The summed E-state index contributed by atoms with van der Waals surface area (Å²) in [7, 11) is 0. The highest BCUT2D eigenvalue weighted by Gasteiger charge is 2.21. The molecule has 9 aromatic rings. The van der Waals surface area contributed by atoms with Crippen molar-refractivity contribution in [1.29, 1.82) is 0 Å². The zero-order chi connectivity index (χ0) is 35.3. The molecular formula is C49H35N3O. The Morgan fingerprint density at radius 2 is 1.23 bits per heavy atom. The molecule has 10 rings (SSSR count). The van der Waals surface area contributed by atoms with Crippen molar-refractivity contribution >= 4 is 61.0 Å². The fourth-order valence-electron chi connectivity index (χ4n) is 7.92. The summed E-state index contributed by atoms with van der Waals surface area (Å²) >= 11 is 0. The average molecular weight is 682 g/mol. The maximum absolute atomic E-state index is 6.58. The number of nitrogens with one attached hydrogen (secondary N) is 1. The molecule has 0 aliphatic carbocycles. The molecule has 1 N–H and O–H groups in total. The van der Waals surface area contributed by atoms with Crippen LogP contribution in [-0.2, 0) is 0 Å². The molecule has 1 aliphatic heterocycles. The summed E-state index contributed by atoms with van der Waals surface area (Å²) in [4.78, 5) is 5.40. The van der Waals surface area contributed by atoms with E-state index in [1.165, 1.54) is 32.9 Å². The van der Waals surface area contributed by atoms with E-state index in [0.29, 0.717) is 0 Å². The minimum atomic E-state index is 0.782. The predicted octanol–water partition coefficient (Wildman–Crippen LogP) is 12.6. The quantitative estimate of drug-likeness (QED) is 0.196. The minimum absolute atomic E-state index is 0.782. The normalized spacial score (nSPS) is 14.6. The summed E-state index contributed by atoms with van der Waals surface area (Å²) in [6, 6.07) is 59.8. The van der Waals surface area contributed by atoms with Gasteiger partial charge < -0.3 is 14.3 Å². The summed E-state index contributed by atoms with van der Waals surface area (Å²) in [5.74, 6) is 0.782. The van der Waals surface area contributed by atoms with Crippen LogP contribution < -0.4 is 5.32 Å². The molecular weight excluding hydrogens is 647 g/mol. The van der Waals surface area contributed by atoms with Crippen LogP contribution in [0.2, 0.25) is 0 Å². The van der Waals surface area contributed by atoms with E-state index in [0.717, 1.165) is 73.5 Å². The number of allylic oxidation sites excluding steroid dienone is 2. The van der Waals surface area contributed by atoms with Gasteiger partial charge >= 0.3 is 0 Å². The number of aliphatic imine (C=N–C) groups is 1. The van der Waals surface area contributed by atoms with Gasteiger partial charge in [-0.1, -0.05) is 133 Å². The smallest absolute Gasteiger partial charge is 0.139 e. The topological polar surface area (TPSA) is 42.5 Å². The van der Waals surface area contributed by atoms with Crippen LogP contribution in [-0.4, -0.2) is 10.4 Å². The van der Waals surface area contributed by atoms with E-state index in [1.807, 2.05) is 6.07 Å². The largest absolute Gasteiger partial charge is 0.456 e. The van der Waals surface area contributed by atoms with Crippen LogP contribution in [0.1, 0.15) is 30.0 Å². The fraction of sp³-hybridized carbons (Fsp3) is 0.0408. The van der Waals surface area contributed by atoms with E-state index in [2.05, 4.69) is 187 Å². The van der Waals surface area contributed by atoms with Crippen LogP contribution in [0.3, 0.4) is 0 Å². The van der Waals surface area contributed by atoms with Crippen molar-refractivity contribution in [3.8, 4) is 16.8 Å². The zero-order valence-corrected chi connectivity index (χ0v) is 29.3. The molecule has 0 fully saturated rings. The highest BCUT2D eigenvalue weighted by Crippen LogP contribution is 2.41. The minimum Gasteiger partial charge on any atom is -0.456 e. The highest BCUT2D eigenvalue weighted by atomic mass is 16.3. The zero-order valence-electron chi connectivity index (χ0n) is 29.3. The van der Waals surface area contributed by atoms with E-state index < -0.39 is 0 Å². The molecule has 4 nitrogen and oxygen atoms in total. The Morgan fingerprint density at radius 1 is 0.547 bits per heavy atom. The Morgan fingerprint density at radius 3 is 2.04 bits per heavy atom. The van der Waals surface area contributed by atoms with Gasteiger partial charge in [-0.25, -0.2) is 4.99 Å². The summed E-state index contributed by atoms with van der Waals surface area (Å²) in [6.45, 7) is 2.20. The van der Waals surface area contributed by atoms with E-state index in [4.69, 9.17) is 9.41 Å². The first-order valence-corrected chi connectivity index (χ1v) is 18.1. The lowest BCUT2D eigenvalue weighted by molar-refractivity contribution is 0.669. The number of hydrogen-bond acceptors (Lipinski definition) is 3. The number of amidine groups is 1. The Kier molecular flexibility index (Phi) is 7.40. The monoisotopic (exact) mass is 681 g/mol. The first-order valence-electron chi connectivity index (χ1n) is 18.1. The lowest BCUT2D eigenvalue weighted by Crippen LogP contribution is -2.25. The number of para-hydroxylation sites is 2. The summed E-state index contributed by atoms with van der Waals surface area (Å²) in [5.41, 5.74) is 13.9. The lowest BCUT2D eigenvalue weighted by Gasteiger charge is -2.20. The number of aromatic nitrogens is 1. The first kappa shape index (κ1) is 30.9. The predicted molar refractivity (Wildman–Crippen MR) is 221 cm³/mol. The van der Waals surface area contributed by atoms with Crippen molar-refractivity contribution in [3.63, 3.8) is 0 Å². The van der Waals surface area contributed by atoms with E-state index in [1.54, 1.807) is 0 Å². The number of nitrogens with zero attached hydrogens (tertiary/aromatic N) is 2. The molecule has 2 aromatic heterocycles. The molecule has 0 atom stereocenters. The van der Waals surface area contributed by atoms with E-state index in [9.17, 15) is 0 Å². The van der Waals surface area contributed by atoms with Gasteiger partial charge in [-0.15, -0.1) is 0 Å². The molecule has 0 bridgehead atoms. The third-order valence-corrected chi connectivity index (χ3v) is 10.4. The van der Waals surface area contributed by atoms with Gasteiger partial charge in [0.1, 0.15) is 17.0 Å². The molecule has 7 aromatic carbocycles. The number of fused-ring (bicyclic) bond motifs is 6. The molecule has 252 valence electrons. The second-order valence-corrected chi connectivity index (χ2v) is 13.6. The molecule has 4 heteroatoms. The number of benzene rings is 7. The number of hydrogen-bond donors (Lipinski definition) is 1. The van der Waals surface area contributed by atoms with Crippen LogP contribution in [0.5, 0.6) is 0 Å². The summed E-state index contributed by atoms with van der Waals surface area (Å²) in [6.07, 6.45) is 3.03. The molecule has 0 radical (unpaired) electrons. The van der Waals surface area contributed by atoms with Gasteiger partial charge in [-0.05, 0) is 83.6 Å². The maximum atomic E-state index is 6.58. The molecule has 0 saturated heterocycles. The van der Waals surface area contributed by atoms with Crippen LogP contribution in [0.15, 0.2) is 191 Å². The second kappa shape index (κ2) is 12.7. The van der Waals surface area contributed by atoms with Gasteiger partial charge in [0.05, 0.1) is 16.7 Å². The first-order chi connectivity index (χ1) is 26.2. The Balaban J connectivity index is 1.19. The number of furan rings is 1. The van der Waals surface area contributed by atoms with E-state index in [-0.39, 0.29) is 0 Å².